The third-order valence-corrected chi connectivity index (χ3v) is 1.37. The van der Waals surface area contributed by atoms with E-state index < -0.39 is 0 Å². The van der Waals surface area contributed by atoms with Crippen molar-refractivity contribution in [2.75, 3.05) is 26.9 Å². The summed E-state index contributed by atoms with van der Waals surface area (Å²) in [6, 6.07) is 0. The summed E-state index contributed by atoms with van der Waals surface area (Å²) >= 11 is 0. The Bertz CT molecular complexity index is 169. The molecule has 0 radical (unpaired) electrons. The van der Waals surface area contributed by atoms with Crippen molar-refractivity contribution in [3.63, 3.8) is 0 Å². The van der Waals surface area contributed by atoms with Crippen LogP contribution < -0.4 is 0 Å². The molecule has 0 saturated carbocycles. The quantitative estimate of drug-likeness (QED) is 0.447. The van der Waals surface area contributed by atoms with Crippen LogP contribution in [0, 0.1) is 0 Å². The Labute approximate surface area is 79.7 Å². The molecule has 0 amide bonds. The summed E-state index contributed by atoms with van der Waals surface area (Å²) in [6.45, 7) is 5.43. The van der Waals surface area contributed by atoms with E-state index in [1.54, 1.807) is 13.2 Å². The second-order valence-corrected chi connectivity index (χ2v) is 3.04. The minimum absolute atomic E-state index is 0.123. The van der Waals surface area contributed by atoms with Crippen LogP contribution in [-0.2, 0) is 14.3 Å². The minimum atomic E-state index is 0.123. The maximum absolute atomic E-state index is 11.1. The van der Waals surface area contributed by atoms with E-state index in [2.05, 4.69) is 0 Å². The lowest BCUT2D eigenvalue weighted by molar-refractivity contribution is -0.115. The largest absolute Gasteiger partial charge is 0.382 e. The van der Waals surface area contributed by atoms with E-state index in [1.165, 1.54) is 0 Å². The lowest BCUT2D eigenvalue weighted by atomic mass is 10.2. The normalized spacial score (nSPS) is 9.77. The fourth-order valence-corrected chi connectivity index (χ4v) is 0.811. The van der Waals surface area contributed by atoms with Crippen LogP contribution in [0.2, 0.25) is 0 Å². The van der Waals surface area contributed by atoms with Gasteiger partial charge in [0.05, 0.1) is 19.8 Å². The van der Waals surface area contributed by atoms with Crippen molar-refractivity contribution >= 4 is 5.78 Å². The van der Waals surface area contributed by atoms with Crippen LogP contribution in [0.5, 0.6) is 0 Å². The highest BCUT2D eigenvalue weighted by molar-refractivity contribution is 5.90. The number of hydrogen-bond donors (Lipinski definition) is 0. The Morgan fingerprint density at radius 2 is 1.92 bits per heavy atom. The predicted octanol–water partition coefficient (Wildman–Crippen LogP) is 1.57. The van der Waals surface area contributed by atoms with E-state index in [-0.39, 0.29) is 5.78 Å². The number of ether oxygens (including phenoxy) is 2. The Balaban J connectivity index is 3.33. The number of hydrogen-bond acceptors (Lipinski definition) is 3. The highest BCUT2D eigenvalue weighted by Crippen LogP contribution is 1.93. The second-order valence-electron chi connectivity index (χ2n) is 3.04. The lowest BCUT2D eigenvalue weighted by Gasteiger charge is -2.01. The van der Waals surface area contributed by atoms with Crippen molar-refractivity contribution < 1.29 is 14.3 Å². The van der Waals surface area contributed by atoms with Crippen LogP contribution in [0.15, 0.2) is 11.6 Å². The lowest BCUT2D eigenvalue weighted by Crippen LogP contribution is -2.06. The van der Waals surface area contributed by atoms with Gasteiger partial charge < -0.3 is 9.47 Å². The monoisotopic (exact) mass is 186 g/mol. The van der Waals surface area contributed by atoms with Crippen molar-refractivity contribution in [3.05, 3.63) is 11.6 Å². The Kier molecular flexibility index (Phi) is 7.54. The van der Waals surface area contributed by atoms with Gasteiger partial charge in [-0.1, -0.05) is 5.57 Å². The number of carbonyl (C=O) groups excluding carboxylic acids is 1. The van der Waals surface area contributed by atoms with Gasteiger partial charge in [-0.25, -0.2) is 0 Å². The van der Waals surface area contributed by atoms with E-state index in [0.29, 0.717) is 26.2 Å². The number of ketones is 1. The topological polar surface area (TPSA) is 35.5 Å². The summed E-state index contributed by atoms with van der Waals surface area (Å²) < 4.78 is 9.94. The molecule has 0 heterocycles. The molecule has 3 nitrogen and oxygen atoms in total. The minimum Gasteiger partial charge on any atom is -0.382 e. The molecule has 0 spiro atoms. The van der Waals surface area contributed by atoms with Crippen molar-refractivity contribution in [2.24, 2.45) is 0 Å². The van der Waals surface area contributed by atoms with Gasteiger partial charge >= 0.3 is 0 Å². The van der Waals surface area contributed by atoms with E-state index in [1.807, 2.05) is 13.8 Å². The zero-order valence-corrected chi connectivity index (χ0v) is 8.63. The molecule has 0 rings (SSSR count). The summed E-state index contributed by atoms with van der Waals surface area (Å²) in [5, 5.41) is 0. The standard InChI is InChI=1S/C10H18O3/c1-9(2)8-10(11)4-5-13-7-6-12-3/h8H,4-7H2,1-3H3. The summed E-state index contributed by atoms with van der Waals surface area (Å²) in [4.78, 5) is 11.1. The molecule has 3 heteroatoms. The Hall–Kier alpha value is -0.670. The van der Waals surface area contributed by atoms with Crippen LogP contribution in [0.25, 0.3) is 0 Å². The Morgan fingerprint density at radius 3 is 2.46 bits per heavy atom. The highest BCUT2D eigenvalue weighted by atomic mass is 16.5. The highest BCUT2D eigenvalue weighted by Gasteiger charge is 1.96. The zero-order valence-electron chi connectivity index (χ0n) is 8.63. The molecule has 0 aliphatic carbocycles. The number of carbonyl (C=O) groups is 1. The molecule has 0 aliphatic heterocycles. The molecule has 0 bridgehead atoms. The van der Waals surface area contributed by atoms with E-state index in [9.17, 15) is 4.79 Å². The van der Waals surface area contributed by atoms with Crippen LogP contribution in [0.1, 0.15) is 20.3 Å². The molecule has 0 aromatic carbocycles. The summed E-state index contributed by atoms with van der Waals surface area (Å²) in [5.74, 6) is 0.123. The molecule has 0 unspecified atom stereocenters. The maximum Gasteiger partial charge on any atom is 0.157 e. The predicted molar refractivity (Wildman–Crippen MR) is 51.8 cm³/mol. The molecule has 13 heavy (non-hydrogen) atoms. The van der Waals surface area contributed by atoms with Gasteiger partial charge in [-0.3, -0.25) is 4.79 Å². The molecule has 76 valence electrons. The average Bonchev–Trinajstić information content (AvgIpc) is 2.02. The number of methoxy groups -OCH3 is 1. The molecular formula is C10H18O3. The molecule has 0 atom stereocenters. The van der Waals surface area contributed by atoms with Gasteiger partial charge in [0.1, 0.15) is 0 Å². The van der Waals surface area contributed by atoms with Gasteiger partial charge in [-0.15, -0.1) is 0 Å². The summed E-state index contributed by atoms with van der Waals surface area (Å²) in [6.07, 6.45) is 2.09. The zero-order chi connectivity index (χ0) is 10.1. The van der Waals surface area contributed by atoms with Gasteiger partial charge in [0.25, 0.3) is 0 Å². The third kappa shape index (κ3) is 9.24. The van der Waals surface area contributed by atoms with Crippen LogP contribution >= 0.6 is 0 Å². The van der Waals surface area contributed by atoms with Gasteiger partial charge in [0.15, 0.2) is 5.78 Å². The smallest absolute Gasteiger partial charge is 0.157 e. The van der Waals surface area contributed by atoms with E-state index in [4.69, 9.17) is 9.47 Å². The van der Waals surface area contributed by atoms with Gasteiger partial charge in [0.2, 0.25) is 0 Å². The first kappa shape index (κ1) is 12.3. The second kappa shape index (κ2) is 7.95. The number of allylic oxidation sites excluding steroid dienone is 2. The maximum atomic E-state index is 11.1. The summed E-state index contributed by atoms with van der Waals surface area (Å²) in [5.41, 5.74) is 1.03. The van der Waals surface area contributed by atoms with Crippen molar-refractivity contribution in [2.45, 2.75) is 20.3 Å². The SMILES string of the molecule is COCCOCCC(=O)C=C(C)C. The van der Waals surface area contributed by atoms with Gasteiger partial charge in [0, 0.05) is 13.5 Å². The summed E-state index contributed by atoms with van der Waals surface area (Å²) in [7, 11) is 1.62. The molecule has 0 saturated heterocycles. The molecular weight excluding hydrogens is 168 g/mol. The van der Waals surface area contributed by atoms with Gasteiger partial charge in [-0.2, -0.15) is 0 Å². The fourth-order valence-electron chi connectivity index (χ4n) is 0.811. The number of rotatable bonds is 7. The van der Waals surface area contributed by atoms with E-state index in [0.717, 1.165) is 5.57 Å². The fraction of sp³-hybridized carbons (Fsp3) is 0.700. The Morgan fingerprint density at radius 1 is 1.23 bits per heavy atom. The van der Waals surface area contributed by atoms with Crippen molar-refractivity contribution in [1.29, 1.82) is 0 Å². The average molecular weight is 186 g/mol. The first-order chi connectivity index (χ1) is 6.16. The van der Waals surface area contributed by atoms with Crippen molar-refractivity contribution in [3.8, 4) is 0 Å². The molecule has 0 N–H and O–H groups in total. The first-order valence-electron chi connectivity index (χ1n) is 4.41. The molecule has 0 aromatic rings. The van der Waals surface area contributed by atoms with Gasteiger partial charge in [-0.05, 0) is 19.9 Å². The van der Waals surface area contributed by atoms with Crippen LogP contribution in [-0.4, -0.2) is 32.7 Å². The first-order valence-corrected chi connectivity index (χ1v) is 4.41. The molecule has 0 aliphatic rings. The van der Waals surface area contributed by atoms with E-state index >= 15 is 0 Å². The van der Waals surface area contributed by atoms with Crippen LogP contribution in [0.4, 0.5) is 0 Å². The molecule has 0 fully saturated rings. The van der Waals surface area contributed by atoms with Crippen molar-refractivity contribution in [1.82, 2.24) is 0 Å². The van der Waals surface area contributed by atoms with Crippen LogP contribution in [0.3, 0.4) is 0 Å². The third-order valence-electron chi connectivity index (χ3n) is 1.37. The molecule has 0 aromatic heterocycles.